The minimum atomic E-state index is 0.465. The average molecular weight is 290 g/mol. The van der Waals surface area contributed by atoms with Crippen LogP contribution in [0.5, 0.6) is 0 Å². The Balaban J connectivity index is 1.98. The van der Waals surface area contributed by atoms with Crippen LogP contribution in [0.4, 0.5) is 5.69 Å². The van der Waals surface area contributed by atoms with E-state index in [1.807, 2.05) is 34.9 Å². The monoisotopic (exact) mass is 289 g/mol. The topological polar surface area (TPSA) is 36.7 Å². The summed E-state index contributed by atoms with van der Waals surface area (Å²) in [5, 5.41) is 10.0. The van der Waals surface area contributed by atoms with Crippen molar-refractivity contribution in [3.63, 3.8) is 0 Å². The van der Waals surface area contributed by atoms with E-state index in [-0.39, 0.29) is 0 Å². The van der Waals surface area contributed by atoms with Gasteiger partial charge in [-0.3, -0.25) is 14.7 Å². The second kappa shape index (κ2) is 4.83. The van der Waals surface area contributed by atoms with Crippen molar-refractivity contribution < 1.29 is 0 Å². The van der Waals surface area contributed by atoms with Crippen molar-refractivity contribution in [3.05, 3.63) is 36.2 Å². The van der Waals surface area contributed by atoms with Crippen molar-refractivity contribution in [1.29, 1.82) is 0 Å². The molecule has 0 fully saturated rings. The number of rotatable bonds is 2. The lowest BCUT2D eigenvalue weighted by atomic mass is 10.2. The van der Waals surface area contributed by atoms with Crippen LogP contribution in [-0.2, 0) is 7.05 Å². The van der Waals surface area contributed by atoms with Gasteiger partial charge in [-0.25, -0.2) is 4.99 Å². The second-order valence-corrected chi connectivity index (χ2v) is 5.14. The third-order valence-corrected chi connectivity index (χ3v) is 3.92. The Morgan fingerprint density at radius 2 is 2.15 bits per heavy atom. The van der Waals surface area contributed by atoms with E-state index in [9.17, 15) is 0 Å². The summed E-state index contributed by atoms with van der Waals surface area (Å²) in [6.07, 6.45) is 3.68. The van der Waals surface area contributed by atoms with Crippen molar-refractivity contribution in [2.24, 2.45) is 12.0 Å². The molecule has 0 radical (unpaired) electrons. The first-order chi connectivity index (χ1) is 9.58. The van der Waals surface area contributed by atoms with E-state index in [2.05, 4.69) is 35.2 Å². The summed E-state index contributed by atoms with van der Waals surface area (Å²) >= 11 is 6.14. The molecule has 5 nitrogen and oxygen atoms in total. The molecule has 6 heteroatoms. The Morgan fingerprint density at radius 1 is 1.35 bits per heavy atom. The number of aromatic nitrogens is 2. The van der Waals surface area contributed by atoms with Gasteiger partial charge in [-0.15, -0.1) is 0 Å². The summed E-state index contributed by atoms with van der Waals surface area (Å²) in [6.45, 7) is 2.77. The van der Waals surface area contributed by atoms with Crippen LogP contribution >= 0.6 is 11.6 Å². The molecule has 0 spiro atoms. The van der Waals surface area contributed by atoms with E-state index in [4.69, 9.17) is 11.6 Å². The Hall–Kier alpha value is -2.01. The largest absolute Gasteiger partial charge is 0.286 e. The van der Waals surface area contributed by atoms with Crippen molar-refractivity contribution in [2.45, 2.75) is 6.92 Å². The minimum absolute atomic E-state index is 0.465. The summed E-state index contributed by atoms with van der Waals surface area (Å²) in [5.74, 6) is 0. The Kier molecular flexibility index (Phi) is 3.14. The molecular formula is C14H16ClN5. The number of hydrogen-bond donors (Lipinski definition) is 0. The van der Waals surface area contributed by atoms with Crippen LogP contribution in [0.3, 0.4) is 0 Å². The normalized spacial score (nSPS) is 14.8. The Morgan fingerprint density at radius 3 is 2.90 bits per heavy atom. The first kappa shape index (κ1) is 13.0. The number of halogens is 1. The fraction of sp³-hybridized carbons (Fsp3) is 0.286. The van der Waals surface area contributed by atoms with E-state index in [0.717, 1.165) is 16.9 Å². The molecule has 1 aromatic carbocycles. The highest BCUT2D eigenvalue weighted by Crippen LogP contribution is 2.24. The van der Waals surface area contributed by atoms with E-state index < -0.39 is 0 Å². The smallest absolute Gasteiger partial charge is 0.217 e. The molecule has 1 aliphatic rings. The summed E-state index contributed by atoms with van der Waals surface area (Å²) in [4.78, 5) is 4.10. The van der Waals surface area contributed by atoms with Gasteiger partial charge in [0.25, 0.3) is 0 Å². The molecule has 0 bridgehead atoms. The fourth-order valence-electron chi connectivity index (χ4n) is 2.31. The highest BCUT2D eigenvalue weighted by atomic mass is 35.5. The van der Waals surface area contributed by atoms with E-state index >= 15 is 0 Å². The van der Waals surface area contributed by atoms with Gasteiger partial charge in [0.1, 0.15) is 0 Å². The standard InChI is InChI=1S/C14H16ClN5/c1-10-12-6-5-11(9-13(12)17-18(10)2)19(3)20-8-4-7-16-14(20)15/h4-7,9H,8H2,1-3H3. The van der Waals surface area contributed by atoms with Gasteiger partial charge in [-0.05, 0) is 42.8 Å². The maximum Gasteiger partial charge on any atom is 0.217 e. The lowest BCUT2D eigenvalue weighted by Gasteiger charge is -2.33. The van der Waals surface area contributed by atoms with E-state index in [1.165, 1.54) is 5.39 Å². The third-order valence-electron chi connectivity index (χ3n) is 3.63. The molecule has 1 aliphatic heterocycles. The number of aliphatic imine (C=N–C) groups is 1. The van der Waals surface area contributed by atoms with Gasteiger partial charge in [-0.2, -0.15) is 5.10 Å². The highest BCUT2D eigenvalue weighted by molar-refractivity contribution is 6.64. The molecule has 0 aliphatic carbocycles. The second-order valence-electron chi connectivity index (χ2n) is 4.80. The number of fused-ring (bicyclic) bond motifs is 1. The average Bonchev–Trinajstić information content (AvgIpc) is 2.73. The number of hydrazine groups is 1. The molecule has 3 rings (SSSR count). The van der Waals surface area contributed by atoms with Gasteiger partial charge in [0.05, 0.1) is 17.7 Å². The molecular weight excluding hydrogens is 274 g/mol. The predicted molar refractivity (Wildman–Crippen MR) is 83.0 cm³/mol. The van der Waals surface area contributed by atoms with E-state index in [1.54, 1.807) is 6.20 Å². The molecule has 20 heavy (non-hydrogen) atoms. The van der Waals surface area contributed by atoms with Crippen LogP contribution in [0, 0.1) is 6.92 Å². The quantitative estimate of drug-likeness (QED) is 0.798. The van der Waals surface area contributed by atoms with Crippen LogP contribution in [0.1, 0.15) is 5.69 Å². The van der Waals surface area contributed by atoms with Crippen molar-refractivity contribution >= 4 is 33.5 Å². The molecule has 2 heterocycles. The number of aryl methyl sites for hydroxylation is 2. The zero-order valence-corrected chi connectivity index (χ0v) is 12.5. The van der Waals surface area contributed by atoms with Gasteiger partial charge < -0.3 is 0 Å². The van der Waals surface area contributed by atoms with Gasteiger partial charge in [0.2, 0.25) is 5.29 Å². The zero-order chi connectivity index (χ0) is 14.3. The highest BCUT2D eigenvalue weighted by Gasteiger charge is 2.17. The lowest BCUT2D eigenvalue weighted by molar-refractivity contribution is 0.453. The molecule has 0 unspecified atom stereocenters. The van der Waals surface area contributed by atoms with Gasteiger partial charge in [-0.1, -0.05) is 0 Å². The molecule has 2 aromatic rings. The van der Waals surface area contributed by atoms with Crippen molar-refractivity contribution in [1.82, 2.24) is 14.8 Å². The SMILES string of the molecule is Cc1c2ccc(N(C)N3CC=CN=C3Cl)cc2nn1C. The summed E-state index contributed by atoms with van der Waals surface area (Å²) in [5.41, 5.74) is 3.17. The minimum Gasteiger partial charge on any atom is -0.286 e. The first-order valence-corrected chi connectivity index (χ1v) is 6.78. The van der Waals surface area contributed by atoms with Crippen LogP contribution < -0.4 is 5.01 Å². The number of nitrogens with zero attached hydrogens (tertiary/aromatic N) is 5. The van der Waals surface area contributed by atoms with Crippen LogP contribution in [-0.4, -0.2) is 33.7 Å². The van der Waals surface area contributed by atoms with E-state index in [0.29, 0.717) is 11.8 Å². The van der Waals surface area contributed by atoms with Crippen molar-refractivity contribution in [2.75, 3.05) is 18.6 Å². The third kappa shape index (κ3) is 2.04. The molecule has 0 amide bonds. The number of benzene rings is 1. The number of amidine groups is 1. The fourth-order valence-corrected chi connectivity index (χ4v) is 2.55. The molecule has 0 N–H and O–H groups in total. The van der Waals surface area contributed by atoms with Crippen molar-refractivity contribution in [3.8, 4) is 0 Å². The number of anilines is 1. The van der Waals surface area contributed by atoms with Gasteiger partial charge in [0.15, 0.2) is 0 Å². The molecule has 104 valence electrons. The summed E-state index contributed by atoms with van der Waals surface area (Å²) in [7, 11) is 3.92. The maximum atomic E-state index is 6.14. The predicted octanol–water partition coefficient (Wildman–Crippen LogP) is 2.66. The summed E-state index contributed by atoms with van der Waals surface area (Å²) < 4.78 is 1.90. The van der Waals surface area contributed by atoms with Crippen LogP contribution in [0.15, 0.2) is 35.5 Å². The van der Waals surface area contributed by atoms with Gasteiger partial charge >= 0.3 is 0 Å². The summed E-state index contributed by atoms with van der Waals surface area (Å²) in [6, 6.07) is 6.22. The number of hydrogen-bond acceptors (Lipinski definition) is 4. The van der Waals surface area contributed by atoms with Crippen LogP contribution in [0.2, 0.25) is 0 Å². The molecule has 0 atom stereocenters. The van der Waals surface area contributed by atoms with Gasteiger partial charge in [0, 0.05) is 31.4 Å². The molecule has 1 aromatic heterocycles. The molecule has 0 saturated carbocycles. The maximum absolute atomic E-state index is 6.14. The van der Waals surface area contributed by atoms with Crippen LogP contribution in [0.25, 0.3) is 10.9 Å². The Labute approximate surface area is 122 Å². The zero-order valence-electron chi connectivity index (χ0n) is 11.7. The Bertz CT molecular complexity index is 716. The lowest BCUT2D eigenvalue weighted by Crippen LogP contribution is -2.43. The first-order valence-electron chi connectivity index (χ1n) is 6.41. The molecule has 0 saturated heterocycles.